The number of ether oxygens (including phenoxy) is 3. The Hall–Kier alpha value is -2.76. The van der Waals surface area contributed by atoms with Gasteiger partial charge in [0.2, 0.25) is 5.91 Å². The second-order valence-electron chi connectivity index (χ2n) is 9.07. The third kappa shape index (κ3) is 5.60. The van der Waals surface area contributed by atoms with Gasteiger partial charge in [0.15, 0.2) is 11.5 Å². The summed E-state index contributed by atoms with van der Waals surface area (Å²) < 4.78 is 30.4. The maximum atomic E-state index is 13.4. The largest absolute Gasteiger partial charge is 0.493 e. The number of amides is 1. The van der Waals surface area contributed by atoms with E-state index < -0.39 is 0 Å². The number of carbonyl (C=O) groups is 1. The van der Waals surface area contributed by atoms with E-state index in [1.165, 1.54) is 44.2 Å². The Morgan fingerprint density at radius 3 is 2.42 bits per heavy atom. The Labute approximate surface area is 195 Å². The lowest BCUT2D eigenvalue weighted by Gasteiger charge is -2.38. The van der Waals surface area contributed by atoms with Crippen LogP contribution >= 0.6 is 0 Å². The molecule has 0 radical (unpaired) electrons. The highest BCUT2D eigenvalue weighted by Gasteiger charge is 2.33. The number of halogens is 1. The third-order valence-electron chi connectivity index (χ3n) is 7.04. The van der Waals surface area contributed by atoms with Gasteiger partial charge in [-0.2, -0.15) is 0 Å². The van der Waals surface area contributed by atoms with Crippen molar-refractivity contribution in [1.82, 2.24) is 4.90 Å². The van der Waals surface area contributed by atoms with Crippen molar-refractivity contribution in [1.29, 1.82) is 0 Å². The lowest BCUT2D eigenvalue weighted by Crippen LogP contribution is -2.42. The summed E-state index contributed by atoms with van der Waals surface area (Å²) in [5.41, 5.74) is 2.16. The zero-order chi connectivity index (χ0) is 23.2. The molecule has 2 aromatic rings. The quantitative estimate of drug-likeness (QED) is 0.512. The maximum Gasteiger partial charge on any atom is 0.223 e. The first-order valence-electron chi connectivity index (χ1n) is 12.0. The molecule has 178 valence electrons. The van der Waals surface area contributed by atoms with Crippen LogP contribution in [-0.2, 0) is 11.2 Å². The van der Waals surface area contributed by atoms with Gasteiger partial charge in [-0.05, 0) is 66.3 Å². The molecule has 0 N–H and O–H groups in total. The number of fused-ring (bicyclic) bond motifs is 1. The minimum atomic E-state index is -0.304. The molecule has 1 atom stereocenters. The van der Waals surface area contributed by atoms with Crippen LogP contribution in [0, 0.1) is 11.7 Å². The van der Waals surface area contributed by atoms with Crippen molar-refractivity contribution < 1.29 is 23.4 Å². The first-order chi connectivity index (χ1) is 16.1. The van der Waals surface area contributed by atoms with Crippen LogP contribution in [0.1, 0.15) is 62.1 Å². The molecule has 2 aliphatic rings. The Balaban J connectivity index is 1.55. The number of nitrogens with zero attached hydrogens (tertiary/aromatic N) is 1. The summed E-state index contributed by atoms with van der Waals surface area (Å²) in [4.78, 5) is 15.3. The summed E-state index contributed by atoms with van der Waals surface area (Å²) in [6.07, 6.45) is 8.66. The molecule has 1 amide bonds. The molecule has 6 heteroatoms. The van der Waals surface area contributed by atoms with Crippen LogP contribution in [-0.4, -0.2) is 38.2 Å². The summed E-state index contributed by atoms with van der Waals surface area (Å²) >= 11 is 0. The first kappa shape index (κ1) is 23.4. The van der Waals surface area contributed by atoms with E-state index in [0.717, 1.165) is 24.0 Å². The van der Waals surface area contributed by atoms with Crippen LogP contribution in [0.5, 0.6) is 17.2 Å². The molecule has 0 spiro atoms. The van der Waals surface area contributed by atoms with Crippen molar-refractivity contribution in [2.45, 2.75) is 57.4 Å². The van der Waals surface area contributed by atoms with Gasteiger partial charge in [0.05, 0.1) is 20.3 Å². The van der Waals surface area contributed by atoms with E-state index in [0.29, 0.717) is 42.7 Å². The molecule has 1 aliphatic carbocycles. The van der Waals surface area contributed by atoms with Crippen molar-refractivity contribution in [2.24, 2.45) is 5.92 Å². The number of rotatable bonds is 8. The van der Waals surface area contributed by atoms with E-state index in [1.807, 2.05) is 17.0 Å². The van der Waals surface area contributed by atoms with Gasteiger partial charge in [0.1, 0.15) is 18.2 Å². The zero-order valence-electron chi connectivity index (χ0n) is 19.6. The fourth-order valence-electron chi connectivity index (χ4n) is 5.16. The number of benzene rings is 2. The Bertz CT molecular complexity index is 940. The smallest absolute Gasteiger partial charge is 0.223 e. The fraction of sp³-hybridized carbons (Fsp3) is 0.519. The van der Waals surface area contributed by atoms with Crippen molar-refractivity contribution >= 4 is 5.91 Å². The normalized spacial score (nSPS) is 18.5. The molecule has 1 saturated carbocycles. The summed E-state index contributed by atoms with van der Waals surface area (Å²) in [5, 5.41) is 0. The van der Waals surface area contributed by atoms with E-state index >= 15 is 0 Å². The van der Waals surface area contributed by atoms with Crippen LogP contribution in [0.4, 0.5) is 4.39 Å². The molecular weight excluding hydrogens is 421 g/mol. The topological polar surface area (TPSA) is 48.0 Å². The Morgan fingerprint density at radius 2 is 1.73 bits per heavy atom. The molecule has 0 bridgehead atoms. The van der Waals surface area contributed by atoms with E-state index in [4.69, 9.17) is 14.2 Å². The monoisotopic (exact) mass is 455 g/mol. The molecule has 2 aromatic carbocycles. The van der Waals surface area contributed by atoms with Crippen LogP contribution < -0.4 is 14.2 Å². The lowest BCUT2D eigenvalue weighted by molar-refractivity contribution is -0.135. The Kier molecular flexibility index (Phi) is 7.73. The van der Waals surface area contributed by atoms with Crippen LogP contribution in [0.15, 0.2) is 36.4 Å². The average Bonchev–Trinajstić information content (AvgIpc) is 2.86. The highest BCUT2D eigenvalue weighted by molar-refractivity contribution is 5.77. The SMILES string of the molecule is COc1cc2c(cc1OC)C(COc1ccc(F)cc1)N(C(=O)CCC1CCCCC1)CC2. The third-order valence-corrected chi connectivity index (χ3v) is 7.04. The van der Waals surface area contributed by atoms with Gasteiger partial charge in [0, 0.05) is 13.0 Å². The highest BCUT2D eigenvalue weighted by Crippen LogP contribution is 2.39. The predicted octanol–water partition coefficient (Wildman–Crippen LogP) is 5.71. The molecule has 1 heterocycles. The van der Waals surface area contributed by atoms with Gasteiger partial charge in [0.25, 0.3) is 0 Å². The van der Waals surface area contributed by atoms with Crippen LogP contribution in [0.2, 0.25) is 0 Å². The Morgan fingerprint density at radius 1 is 1.03 bits per heavy atom. The van der Waals surface area contributed by atoms with Crippen LogP contribution in [0.25, 0.3) is 0 Å². The highest BCUT2D eigenvalue weighted by atomic mass is 19.1. The summed E-state index contributed by atoms with van der Waals surface area (Å²) in [5.74, 6) is 2.44. The zero-order valence-corrected chi connectivity index (χ0v) is 19.6. The summed E-state index contributed by atoms with van der Waals surface area (Å²) in [7, 11) is 3.24. The van der Waals surface area contributed by atoms with Gasteiger partial charge >= 0.3 is 0 Å². The van der Waals surface area contributed by atoms with Crippen molar-refractivity contribution in [3.05, 3.63) is 53.3 Å². The molecule has 33 heavy (non-hydrogen) atoms. The van der Waals surface area contributed by atoms with Crippen LogP contribution in [0.3, 0.4) is 0 Å². The summed E-state index contributed by atoms with van der Waals surface area (Å²) in [6, 6.07) is 9.72. The predicted molar refractivity (Wildman–Crippen MR) is 125 cm³/mol. The van der Waals surface area contributed by atoms with Gasteiger partial charge in [-0.25, -0.2) is 4.39 Å². The molecular formula is C27H34FNO4. The average molecular weight is 456 g/mol. The molecule has 0 saturated heterocycles. The minimum absolute atomic E-state index is 0.175. The second-order valence-corrected chi connectivity index (χ2v) is 9.07. The van der Waals surface area contributed by atoms with Crippen molar-refractivity contribution in [2.75, 3.05) is 27.4 Å². The second kappa shape index (κ2) is 10.9. The van der Waals surface area contributed by atoms with Gasteiger partial charge in [-0.15, -0.1) is 0 Å². The molecule has 5 nitrogen and oxygen atoms in total. The van der Waals surface area contributed by atoms with Gasteiger partial charge in [-0.3, -0.25) is 4.79 Å². The number of hydrogen-bond acceptors (Lipinski definition) is 4. The molecule has 0 aromatic heterocycles. The number of carbonyl (C=O) groups excluding carboxylic acids is 1. The standard InChI is InChI=1S/C27H34FNO4/c1-31-25-16-20-14-15-29(27(30)13-8-19-6-4-3-5-7-19)24(23(20)17-26(25)32-2)18-33-22-11-9-21(28)10-12-22/h9-12,16-17,19,24H,3-8,13-15,18H2,1-2H3. The van der Waals surface area contributed by atoms with Crippen molar-refractivity contribution in [3.8, 4) is 17.2 Å². The van der Waals surface area contributed by atoms with E-state index in [9.17, 15) is 9.18 Å². The van der Waals surface area contributed by atoms with E-state index in [1.54, 1.807) is 26.4 Å². The number of hydrogen-bond donors (Lipinski definition) is 0. The first-order valence-corrected chi connectivity index (χ1v) is 12.0. The van der Waals surface area contributed by atoms with Gasteiger partial charge < -0.3 is 19.1 Å². The minimum Gasteiger partial charge on any atom is -0.493 e. The lowest BCUT2D eigenvalue weighted by atomic mass is 9.85. The van der Waals surface area contributed by atoms with E-state index in [2.05, 4.69) is 0 Å². The fourth-order valence-corrected chi connectivity index (χ4v) is 5.16. The number of methoxy groups -OCH3 is 2. The molecule has 1 aliphatic heterocycles. The van der Waals surface area contributed by atoms with Crippen molar-refractivity contribution in [3.63, 3.8) is 0 Å². The molecule has 4 rings (SSSR count). The van der Waals surface area contributed by atoms with E-state index in [-0.39, 0.29) is 17.8 Å². The summed E-state index contributed by atoms with van der Waals surface area (Å²) in [6.45, 7) is 0.937. The maximum absolute atomic E-state index is 13.4. The molecule has 1 unspecified atom stereocenters. The van der Waals surface area contributed by atoms with Gasteiger partial charge in [-0.1, -0.05) is 32.1 Å². The molecule has 1 fully saturated rings.